The molecule has 1 saturated heterocycles. The molecule has 25 heavy (non-hydrogen) atoms. The highest BCUT2D eigenvalue weighted by Gasteiger charge is 2.28. The van der Waals surface area contributed by atoms with Gasteiger partial charge in [0.15, 0.2) is 0 Å². The Balaban J connectivity index is 1.52. The molecule has 2 heterocycles. The third-order valence-electron chi connectivity index (χ3n) is 4.26. The average molecular weight is 346 g/mol. The lowest BCUT2D eigenvalue weighted by Gasteiger charge is -2.25. The molecule has 1 aliphatic heterocycles. The van der Waals surface area contributed by atoms with E-state index in [9.17, 15) is 9.18 Å². The first-order valence-corrected chi connectivity index (χ1v) is 8.61. The lowest BCUT2D eigenvalue weighted by atomic mass is 9.99. The number of rotatable bonds is 7. The number of benzene rings is 1. The van der Waals surface area contributed by atoms with Gasteiger partial charge in [-0.15, -0.1) is 0 Å². The number of aromatic nitrogens is 2. The van der Waals surface area contributed by atoms with Crippen molar-refractivity contribution in [2.24, 2.45) is 0 Å². The number of hydrogen-bond donors (Lipinski definition) is 2. The van der Waals surface area contributed by atoms with Crippen LogP contribution in [0.1, 0.15) is 30.9 Å². The monoisotopic (exact) mass is 346 g/mol. The van der Waals surface area contributed by atoms with Gasteiger partial charge in [-0.2, -0.15) is 5.10 Å². The second-order valence-corrected chi connectivity index (χ2v) is 6.10. The van der Waals surface area contributed by atoms with Crippen LogP contribution in [0.2, 0.25) is 0 Å². The summed E-state index contributed by atoms with van der Waals surface area (Å²) in [6.07, 6.45) is 6.17. The van der Waals surface area contributed by atoms with E-state index in [1.54, 1.807) is 18.3 Å². The van der Waals surface area contributed by atoms with Gasteiger partial charge in [0.2, 0.25) is 0 Å². The molecule has 0 saturated carbocycles. The van der Waals surface area contributed by atoms with Crippen molar-refractivity contribution in [1.82, 2.24) is 20.4 Å². The van der Waals surface area contributed by atoms with Crippen LogP contribution in [0.4, 0.5) is 9.18 Å². The zero-order valence-electron chi connectivity index (χ0n) is 14.0. The van der Waals surface area contributed by atoms with E-state index in [4.69, 9.17) is 4.74 Å². The third-order valence-corrected chi connectivity index (χ3v) is 4.26. The van der Waals surface area contributed by atoms with Gasteiger partial charge in [-0.3, -0.25) is 4.68 Å². The Hall–Kier alpha value is -2.41. The van der Waals surface area contributed by atoms with Gasteiger partial charge in [0, 0.05) is 32.1 Å². The molecular formula is C18H23FN4O2. The van der Waals surface area contributed by atoms with Crippen LogP contribution in [0.15, 0.2) is 42.7 Å². The quantitative estimate of drug-likeness (QED) is 0.758. The summed E-state index contributed by atoms with van der Waals surface area (Å²) >= 11 is 0. The maximum atomic E-state index is 13.2. The highest BCUT2D eigenvalue weighted by atomic mass is 19.1. The first kappa shape index (κ1) is 17.4. The van der Waals surface area contributed by atoms with Gasteiger partial charge in [0.1, 0.15) is 5.82 Å². The van der Waals surface area contributed by atoms with Crippen LogP contribution in [0.3, 0.4) is 0 Å². The largest absolute Gasteiger partial charge is 0.376 e. The first-order chi connectivity index (χ1) is 12.2. The van der Waals surface area contributed by atoms with Crippen molar-refractivity contribution in [3.05, 3.63) is 54.1 Å². The van der Waals surface area contributed by atoms with E-state index in [2.05, 4.69) is 15.7 Å². The molecule has 2 N–H and O–H groups in total. The predicted molar refractivity (Wildman–Crippen MR) is 91.5 cm³/mol. The number of nitrogens with zero attached hydrogens (tertiary/aromatic N) is 2. The highest BCUT2D eigenvalue weighted by molar-refractivity contribution is 5.74. The van der Waals surface area contributed by atoms with Crippen LogP contribution >= 0.6 is 0 Å². The maximum absolute atomic E-state index is 13.2. The second kappa shape index (κ2) is 8.62. The number of hydrogen-bond acceptors (Lipinski definition) is 3. The molecule has 0 aliphatic carbocycles. The minimum absolute atomic E-state index is 0.0831. The molecule has 1 aliphatic rings. The SMILES string of the molecule is O=C(NCCCn1cccn1)N[C@@H](c1ccc(F)cc1)[C@@H]1CCCO1. The summed E-state index contributed by atoms with van der Waals surface area (Å²) in [6, 6.07) is 7.54. The van der Waals surface area contributed by atoms with Crippen LogP contribution in [0.25, 0.3) is 0 Å². The number of carbonyl (C=O) groups is 1. The third kappa shape index (κ3) is 5.03. The Morgan fingerprint density at radius 3 is 2.92 bits per heavy atom. The minimum atomic E-state index is -0.294. The fourth-order valence-corrected chi connectivity index (χ4v) is 2.99. The van der Waals surface area contributed by atoms with Crippen molar-refractivity contribution in [3.63, 3.8) is 0 Å². The number of amides is 2. The lowest BCUT2D eigenvalue weighted by Crippen LogP contribution is -2.42. The van der Waals surface area contributed by atoms with Gasteiger partial charge in [-0.1, -0.05) is 12.1 Å². The van der Waals surface area contributed by atoms with Gasteiger partial charge in [0.05, 0.1) is 12.1 Å². The average Bonchev–Trinajstić information content (AvgIpc) is 3.31. The van der Waals surface area contributed by atoms with Crippen molar-refractivity contribution in [3.8, 4) is 0 Å². The molecule has 1 aromatic carbocycles. The van der Waals surface area contributed by atoms with Crippen LogP contribution in [0.5, 0.6) is 0 Å². The van der Waals surface area contributed by atoms with E-state index in [1.807, 2.05) is 16.9 Å². The van der Waals surface area contributed by atoms with Gasteiger partial charge in [0.25, 0.3) is 0 Å². The smallest absolute Gasteiger partial charge is 0.315 e. The van der Waals surface area contributed by atoms with Crippen LogP contribution in [-0.2, 0) is 11.3 Å². The molecule has 2 aromatic rings. The van der Waals surface area contributed by atoms with E-state index in [0.717, 1.165) is 31.4 Å². The van der Waals surface area contributed by atoms with Crippen LogP contribution in [-0.4, -0.2) is 35.1 Å². The van der Waals surface area contributed by atoms with E-state index >= 15 is 0 Å². The number of aryl methyl sites for hydroxylation is 1. The Morgan fingerprint density at radius 2 is 2.24 bits per heavy atom. The molecule has 0 radical (unpaired) electrons. The van der Waals surface area contributed by atoms with Gasteiger partial charge in [-0.05, 0) is 43.0 Å². The minimum Gasteiger partial charge on any atom is -0.376 e. The first-order valence-electron chi connectivity index (χ1n) is 8.61. The molecule has 7 heteroatoms. The summed E-state index contributed by atoms with van der Waals surface area (Å²) in [4.78, 5) is 12.2. The van der Waals surface area contributed by atoms with E-state index in [-0.39, 0.29) is 24.0 Å². The molecule has 0 unspecified atom stereocenters. The van der Waals surface area contributed by atoms with Crippen molar-refractivity contribution in [2.45, 2.75) is 38.0 Å². The summed E-state index contributed by atoms with van der Waals surface area (Å²) in [7, 11) is 0. The molecule has 0 spiro atoms. The summed E-state index contributed by atoms with van der Waals surface area (Å²) in [5.74, 6) is -0.294. The van der Waals surface area contributed by atoms with Crippen molar-refractivity contribution in [2.75, 3.05) is 13.2 Å². The topological polar surface area (TPSA) is 68.2 Å². The van der Waals surface area contributed by atoms with Crippen molar-refractivity contribution in [1.29, 1.82) is 0 Å². The Labute approximate surface area is 146 Å². The van der Waals surface area contributed by atoms with Gasteiger partial charge in [-0.25, -0.2) is 9.18 Å². The molecule has 1 aromatic heterocycles. The number of urea groups is 1. The fraction of sp³-hybridized carbons (Fsp3) is 0.444. The Morgan fingerprint density at radius 1 is 1.40 bits per heavy atom. The van der Waals surface area contributed by atoms with E-state index < -0.39 is 0 Å². The number of halogens is 1. The summed E-state index contributed by atoms with van der Waals surface area (Å²) in [5.41, 5.74) is 0.847. The van der Waals surface area contributed by atoms with E-state index in [0.29, 0.717) is 13.2 Å². The number of ether oxygens (including phenoxy) is 1. The molecule has 6 nitrogen and oxygen atoms in total. The normalized spacial score (nSPS) is 18.0. The Bertz CT molecular complexity index is 654. The highest BCUT2D eigenvalue weighted by Crippen LogP contribution is 2.27. The summed E-state index contributed by atoms with van der Waals surface area (Å²) < 4.78 is 20.7. The standard InChI is InChI=1S/C18H23FN4O2/c19-15-7-5-14(6-8-15)17(16-4-1-13-25-16)22-18(24)20-9-2-11-23-12-3-10-21-23/h3,5-8,10,12,16-17H,1-2,4,9,11,13H2,(H2,20,22,24)/t16-,17-/m0/s1. The van der Waals surface area contributed by atoms with Crippen LogP contribution < -0.4 is 10.6 Å². The van der Waals surface area contributed by atoms with Gasteiger partial charge >= 0.3 is 6.03 Å². The molecule has 134 valence electrons. The lowest BCUT2D eigenvalue weighted by molar-refractivity contribution is 0.0807. The van der Waals surface area contributed by atoms with E-state index in [1.165, 1.54) is 12.1 Å². The number of carbonyl (C=O) groups excluding carboxylic acids is 1. The van der Waals surface area contributed by atoms with Crippen LogP contribution in [0, 0.1) is 5.82 Å². The molecule has 0 bridgehead atoms. The van der Waals surface area contributed by atoms with Gasteiger partial charge < -0.3 is 15.4 Å². The zero-order chi connectivity index (χ0) is 17.5. The van der Waals surface area contributed by atoms with Crippen molar-refractivity contribution < 1.29 is 13.9 Å². The fourth-order valence-electron chi connectivity index (χ4n) is 2.99. The summed E-state index contributed by atoms with van der Waals surface area (Å²) in [6.45, 7) is 1.99. The molecule has 1 fully saturated rings. The van der Waals surface area contributed by atoms with Crippen molar-refractivity contribution >= 4 is 6.03 Å². The summed E-state index contributed by atoms with van der Waals surface area (Å²) in [5, 5.41) is 9.95. The Kier molecular flexibility index (Phi) is 6.00. The molecule has 2 amide bonds. The zero-order valence-corrected chi connectivity index (χ0v) is 14.0. The molecular weight excluding hydrogens is 323 g/mol. The second-order valence-electron chi connectivity index (χ2n) is 6.10. The molecule has 3 rings (SSSR count). The maximum Gasteiger partial charge on any atom is 0.315 e. The predicted octanol–water partition coefficient (Wildman–Crippen LogP) is 2.63. The number of nitrogens with one attached hydrogen (secondary N) is 2. The molecule has 2 atom stereocenters.